The van der Waals surface area contributed by atoms with Crippen molar-refractivity contribution in [1.29, 1.82) is 0 Å². The molecular weight excluding hydrogens is 230 g/mol. The van der Waals surface area contributed by atoms with E-state index in [-0.39, 0.29) is 18.3 Å². The molecule has 1 fully saturated rings. The topological polar surface area (TPSA) is 46.6 Å². The molecule has 1 aliphatic heterocycles. The quantitative estimate of drug-likeness (QED) is 0.724. The van der Waals surface area contributed by atoms with Gasteiger partial charge in [0.15, 0.2) is 0 Å². The lowest BCUT2D eigenvalue weighted by Gasteiger charge is -2.21. The molecule has 0 spiro atoms. The van der Waals surface area contributed by atoms with Crippen molar-refractivity contribution in [3.63, 3.8) is 0 Å². The minimum atomic E-state index is -0.452. The summed E-state index contributed by atoms with van der Waals surface area (Å²) in [5.74, 6) is 0.872. The van der Waals surface area contributed by atoms with Gasteiger partial charge in [-0.2, -0.15) is 0 Å². The lowest BCUT2D eigenvalue weighted by molar-refractivity contribution is -0.155. The van der Waals surface area contributed by atoms with Crippen molar-refractivity contribution in [2.24, 2.45) is 11.8 Å². The second-order valence-electron chi connectivity index (χ2n) is 6.38. The largest absolute Gasteiger partial charge is 0.460 e. The normalized spacial score (nSPS) is 20.7. The van der Waals surface area contributed by atoms with Gasteiger partial charge in [0.2, 0.25) is 5.91 Å². The molecule has 1 rings (SSSR count). The van der Waals surface area contributed by atoms with E-state index in [1.54, 1.807) is 4.90 Å². The SMILES string of the molecule is CC(C)C1CC(=O)N(CCC(=O)OC(C)(C)C)C1. The molecule has 1 unspecified atom stereocenters. The molecule has 0 N–H and O–H groups in total. The third-order valence-electron chi connectivity index (χ3n) is 3.19. The molecule has 4 nitrogen and oxygen atoms in total. The highest BCUT2D eigenvalue weighted by molar-refractivity contribution is 5.79. The van der Waals surface area contributed by atoms with E-state index in [2.05, 4.69) is 13.8 Å². The molecule has 1 atom stereocenters. The van der Waals surface area contributed by atoms with Crippen molar-refractivity contribution in [2.75, 3.05) is 13.1 Å². The maximum atomic E-state index is 11.8. The number of ether oxygens (including phenoxy) is 1. The molecule has 0 aromatic rings. The number of carbonyl (C=O) groups excluding carboxylic acids is 2. The zero-order chi connectivity index (χ0) is 13.9. The van der Waals surface area contributed by atoms with E-state index in [1.165, 1.54) is 0 Å². The van der Waals surface area contributed by atoms with Gasteiger partial charge in [0.1, 0.15) is 5.60 Å². The molecule has 18 heavy (non-hydrogen) atoms. The van der Waals surface area contributed by atoms with Gasteiger partial charge in [0, 0.05) is 19.5 Å². The average molecular weight is 255 g/mol. The number of nitrogens with zero attached hydrogens (tertiary/aromatic N) is 1. The van der Waals surface area contributed by atoms with E-state index in [9.17, 15) is 9.59 Å². The molecular formula is C14H25NO3. The van der Waals surface area contributed by atoms with Crippen LogP contribution >= 0.6 is 0 Å². The molecule has 0 aliphatic carbocycles. The summed E-state index contributed by atoms with van der Waals surface area (Å²) >= 11 is 0. The molecule has 1 saturated heterocycles. The van der Waals surface area contributed by atoms with Gasteiger partial charge in [-0.3, -0.25) is 9.59 Å². The van der Waals surface area contributed by atoms with Crippen LogP contribution in [0.25, 0.3) is 0 Å². The summed E-state index contributed by atoms with van der Waals surface area (Å²) < 4.78 is 5.23. The lowest BCUT2D eigenvalue weighted by atomic mass is 9.95. The molecule has 0 bridgehead atoms. The number of hydrogen-bond acceptors (Lipinski definition) is 3. The molecule has 0 aromatic heterocycles. The van der Waals surface area contributed by atoms with Gasteiger partial charge in [0.25, 0.3) is 0 Å². The van der Waals surface area contributed by atoms with Gasteiger partial charge in [-0.1, -0.05) is 13.8 Å². The zero-order valence-corrected chi connectivity index (χ0v) is 12.2. The van der Waals surface area contributed by atoms with Crippen molar-refractivity contribution < 1.29 is 14.3 Å². The third kappa shape index (κ3) is 4.67. The summed E-state index contributed by atoms with van der Waals surface area (Å²) in [5, 5.41) is 0. The van der Waals surface area contributed by atoms with E-state index in [0.29, 0.717) is 24.8 Å². The van der Waals surface area contributed by atoms with Gasteiger partial charge < -0.3 is 9.64 Å². The summed E-state index contributed by atoms with van der Waals surface area (Å²) in [4.78, 5) is 25.1. The summed E-state index contributed by atoms with van der Waals surface area (Å²) in [6.45, 7) is 11.1. The first kappa shape index (κ1) is 15.0. The molecule has 1 amide bonds. The van der Waals surface area contributed by atoms with Crippen molar-refractivity contribution in [2.45, 2.75) is 53.1 Å². The zero-order valence-electron chi connectivity index (χ0n) is 12.2. The van der Waals surface area contributed by atoms with E-state index in [1.807, 2.05) is 20.8 Å². The third-order valence-corrected chi connectivity index (χ3v) is 3.19. The minimum absolute atomic E-state index is 0.164. The van der Waals surface area contributed by atoms with Gasteiger partial charge in [0.05, 0.1) is 6.42 Å². The van der Waals surface area contributed by atoms with Crippen LogP contribution in [0, 0.1) is 11.8 Å². The van der Waals surface area contributed by atoms with Crippen LogP contribution in [-0.2, 0) is 14.3 Å². The van der Waals surface area contributed by atoms with Crippen LogP contribution in [0.4, 0.5) is 0 Å². The average Bonchev–Trinajstić information content (AvgIpc) is 2.54. The second kappa shape index (κ2) is 5.72. The fourth-order valence-corrected chi connectivity index (χ4v) is 2.08. The predicted octanol–water partition coefficient (Wildman–Crippen LogP) is 2.22. The first-order chi connectivity index (χ1) is 8.19. The number of hydrogen-bond donors (Lipinski definition) is 0. The van der Waals surface area contributed by atoms with E-state index < -0.39 is 5.60 Å². The smallest absolute Gasteiger partial charge is 0.308 e. The molecule has 1 heterocycles. The molecule has 0 saturated carbocycles. The first-order valence-corrected chi connectivity index (χ1v) is 6.68. The van der Waals surface area contributed by atoms with E-state index in [4.69, 9.17) is 4.74 Å². The van der Waals surface area contributed by atoms with Crippen molar-refractivity contribution >= 4 is 11.9 Å². The van der Waals surface area contributed by atoms with Crippen LogP contribution in [0.2, 0.25) is 0 Å². The molecule has 1 aliphatic rings. The van der Waals surface area contributed by atoms with Crippen molar-refractivity contribution in [1.82, 2.24) is 4.90 Å². The Morgan fingerprint density at radius 2 is 2.06 bits per heavy atom. The van der Waals surface area contributed by atoms with Crippen molar-refractivity contribution in [3.8, 4) is 0 Å². The number of carbonyl (C=O) groups is 2. The number of amides is 1. The highest BCUT2D eigenvalue weighted by Crippen LogP contribution is 2.24. The Morgan fingerprint density at radius 3 is 2.50 bits per heavy atom. The summed E-state index contributed by atoms with van der Waals surface area (Å²) in [6, 6.07) is 0. The van der Waals surface area contributed by atoms with Gasteiger partial charge >= 0.3 is 5.97 Å². The fourth-order valence-electron chi connectivity index (χ4n) is 2.08. The molecule has 0 aromatic carbocycles. The Labute approximate surface area is 110 Å². The number of esters is 1. The van der Waals surface area contributed by atoms with Crippen LogP contribution in [0.1, 0.15) is 47.5 Å². The maximum absolute atomic E-state index is 11.8. The summed E-state index contributed by atoms with van der Waals surface area (Å²) in [6.07, 6.45) is 0.903. The van der Waals surface area contributed by atoms with Crippen LogP contribution in [-0.4, -0.2) is 35.5 Å². The summed E-state index contributed by atoms with van der Waals surface area (Å²) in [5.41, 5.74) is -0.452. The van der Waals surface area contributed by atoms with Gasteiger partial charge in [-0.15, -0.1) is 0 Å². The monoisotopic (exact) mass is 255 g/mol. The van der Waals surface area contributed by atoms with Gasteiger partial charge in [-0.05, 0) is 32.6 Å². The Bertz CT molecular complexity index is 317. The Balaban J connectivity index is 2.36. The molecule has 0 radical (unpaired) electrons. The minimum Gasteiger partial charge on any atom is -0.460 e. The van der Waals surface area contributed by atoms with Crippen LogP contribution in [0.3, 0.4) is 0 Å². The standard InChI is InChI=1S/C14H25NO3/c1-10(2)11-8-12(16)15(9-11)7-6-13(17)18-14(3,4)5/h10-11H,6-9H2,1-5H3. The number of rotatable bonds is 4. The number of likely N-dealkylation sites (tertiary alicyclic amines) is 1. The second-order valence-corrected chi connectivity index (χ2v) is 6.38. The molecule has 4 heteroatoms. The van der Waals surface area contributed by atoms with Crippen LogP contribution in [0.15, 0.2) is 0 Å². The summed E-state index contributed by atoms with van der Waals surface area (Å²) in [7, 11) is 0. The fraction of sp³-hybridized carbons (Fsp3) is 0.857. The first-order valence-electron chi connectivity index (χ1n) is 6.68. The lowest BCUT2D eigenvalue weighted by Crippen LogP contribution is -2.31. The van der Waals surface area contributed by atoms with Crippen molar-refractivity contribution in [3.05, 3.63) is 0 Å². The Morgan fingerprint density at radius 1 is 1.44 bits per heavy atom. The van der Waals surface area contributed by atoms with Gasteiger partial charge in [-0.25, -0.2) is 0 Å². The van der Waals surface area contributed by atoms with E-state index in [0.717, 1.165) is 6.54 Å². The van der Waals surface area contributed by atoms with Crippen LogP contribution < -0.4 is 0 Å². The Kier molecular flexibility index (Phi) is 4.77. The van der Waals surface area contributed by atoms with E-state index >= 15 is 0 Å². The molecule has 104 valence electrons. The van der Waals surface area contributed by atoms with Crippen LogP contribution in [0.5, 0.6) is 0 Å². The maximum Gasteiger partial charge on any atom is 0.308 e. The Hall–Kier alpha value is -1.06. The highest BCUT2D eigenvalue weighted by atomic mass is 16.6. The highest BCUT2D eigenvalue weighted by Gasteiger charge is 2.31. The predicted molar refractivity (Wildman–Crippen MR) is 70.0 cm³/mol.